The molecule has 0 unspecified atom stereocenters. The van der Waals surface area contributed by atoms with Gasteiger partial charge in [0.15, 0.2) is 4.80 Å². The molecule has 10 nitrogen and oxygen atoms in total. The molecule has 0 bridgehead atoms. The Balaban J connectivity index is 1.65. The Hall–Kier alpha value is -3.77. The van der Waals surface area contributed by atoms with E-state index in [2.05, 4.69) is 20.9 Å². The van der Waals surface area contributed by atoms with Crippen molar-refractivity contribution in [3.63, 3.8) is 0 Å². The topological polar surface area (TPSA) is 116 Å². The van der Waals surface area contributed by atoms with Gasteiger partial charge in [0.25, 0.3) is 11.2 Å². The Morgan fingerprint density at radius 2 is 1.98 bits per heavy atom. The maximum absolute atomic E-state index is 13.9. The molecule has 1 atom stereocenters. The lowest BCUT2D eigenvalue weighted by Crippen LogP contribution is -2.40. The maximum Gasteiger partial charge on any atom is 0.338 e. The second kappa shape index (κ2) is 12.0. The Morgan fingerprint density at radius 1 is 1.22 bits per heavy atom. The van der Waals surface area contributed by atoms with Gasteiger partial charge < -0.3 is 14.4 Å². The number of thiazole rings is 1. The number of methoxy groups -OCH3 is 1. The largest absolute Gasteiger partial charge is 0.496 e. The lowest BCUT2D eigenvalue weighted by Gasteiger charge is -2.28. The number of fused-ring (bicyclic) bond motifs is 1. The van der Waals surface area contributed by atoms with Crippen LogP contribution in [0.1, 0.15) is 50.3 Å². The van der Waals surface area contributed by atoms with Crippen LogP contribution in [0.3, 0.4) is 0 Å². The van der Waals surface area contributed by atoms with Crippen molar-refractivity contribution in [1.82, 2.24) is 4.57 Å². The molecule has 3 aromatic rings. The van der Waals surface area contributed by atoms with Gasteiger partial charge in [-0.15, -0.1) is 0 Å². The fraction of sp³-hybridized carbons (Fsp3) is 0.345. The van der Waals surface area contributed by atoms with E-state index in [4.69, 9.17) is 9.47 Å². The van der Waals surface area contributed by atoms with Crippen LogP contribution in [0.5, 0.6) is 5.75 Å². The van der Waals surface area contributed by atoms with E-state index in [1.165, 1.54) is 22.0 Å². The summed E-state index contributed by atoms with van der Waals surface area (Å²) in [6.07, 6.45) is 4.76. The molecule has 1 aromatic heterocycles. The summed E-state index contributed by atoms with van der Waals surface area (Å²) in [6.45, 7) is 5.17. The lowest BCUT2D eigenvalue weighted by molar-refractivity contribution is -0.384. The molecule has 0 N–H and O–H groups in total. The minimum absolute atomic E-state index is 0.00910. The van der Waals surface area contributed by atoms with E-state index in [1.807, 2.05) is 4.90 Å². The molecule has 0 spiro atoms. The van der Waals surface area contributed by atoms with Crippen LogP contribution in [-0.4, -0.2) is 42.3 Å². The summed E-state index contributed by atoms with van der Waals surface area (Å²) in [5.41, 5.74) is 2.17. The van der Waals surface area contributed by atoms with Crippen molar-refractivity contribution in [2.75, 3.05) is 31.7 Å². The third-order valence-electron chi connectivity index (χ3n) is 7.20. The van der Waals surface area contributed by atoms with Crippen LogP contribution in [0.25, 0.3) is 6.08 Å². The molecule has 12 heteroatoms. The molecule has 0 radical (unpaired) electrons. The minimum Gasteiger partial charge on any atom is -0.496 e. The van der Waals surface area contributed by atoms with E-state index in [1.54, 1.807) is 57.4 Å². The second-order valence-electron chi connectivity index (χ2n) is 9.75. The summed E-state index contributed by atoms with van der Waals surface area (Å²) in [5, 5.41) is 12.0. The van der Waals surface area contributed by atoms with Gasteiger partial charge in [0.05, 0.1) is 45.0 Å². The summed E-state index contributed by atoms with van der Waals surface area (Å²) in [5.74, 6) is 0.0537. The molecule has 1 fully saturated rings. The number of nitrogens with zero attached hydrogens (tertiary/aromatic N) is 4. The van der Waals surface area contributed by atoms with Crippen molar-refractivity contribution in [1.29, 1.82) is 0 Å². The van der Waals surface area contributed by atoms with Crippen molar-refractivity contribution in [3.8, 4) is 5.75 Å². The molecule has 0 saturated carbocycles. The Bertz CT molecular complexity index is 1740. The quantitative estimate of drug-likeness (QED) is 0.213. The van der Waals surface area contributed by atoms with Gasteiger partial charge in [-0.1, -0.05) is 23.5 Å². The predicted molar refractivity (Wildman–Crippen MR) is 160 cm³/mol. The van der Waals surface area contributed by atoms with Crippen LogP contribution in [0.15, 0.2) is 61.9 Å². The normalized spacial score (nSPS) is 17.2. The number of halogens is 1. The third kappa shape index (κ3) is 5.58. The monoisotopic (exact) mass is 640 g/mol. The Kier molecular flexibility index (Phi) is 8.41. The second-order valence-corrected chi connectivity index (χ2v) is 11.6. The van der Waals surface area contributed by atoms with Crippen LogP contribution in [-0.2, 0) is 9.53 Å². The number of piperidine rings is 1. The number of benzene rings is 2. The number of carbonyl (C=O) groups is 1. The molecule has 0 aliphatic carbocycles. The lowest BCUT2D eigenvalue weighted by atomic mass is 9.96. The number of ether oxygens (including phenoxy) is 2. The fourth-order valence-corrected chi connectivity index (χ4v) is 6.89. The molecule has 5 rings (SSSR count). The van der Waals surface area contributed by atoms with Crippen LogP contribution < -0.4 is 24.5 Å². The molecule has 41 heavy (non-hydrogen) atoms. The zero-order chi connectivity index (χ0) is 29.3. The fourth-order valence-electron chi connectivity index (χ4n) is 5.29. The average Bonchev–Trinajstić information content (AvgIpc) is 3.26. The van der Waals surface area contributed by atoms with E-state index in [9.17, 15) is 19.7 Å². The molecule has 2 aliphatic heterocycles. The first-order valence-electron chi connectivity index (χ1n) is 13.3. The smallest absolute Gasteiger partial charge is 0.338 e. The van der Waals surface area contributed by atoms with Crippen LogP contribution in [0.2, 0.25) is 0 Å². The Morgan fingerprint density at radius 3 is 2.63 bits per heavy atom. The van der Waals surface area contributed by atoms with E-state index in [0.29, 0.717) is 42.1 Å². The Labute approximate surface area is 248 Å². The number of anilines is 1. The van der Waals surface area contributed by atoms with Gasteiger partial charge in [-0.25, -0.2) is 9.79 Å². The number of esters is 1. The van der Waals surface area contributed by atoms with Crippen molar-refractivity contribution in [2.24, 2.45) is 4.99 Å². The summed E-state index contributed by atoms with van der Waals surface area (Å²) in [6, 6.07) is 9.64. The SMILES string of the molecule is CCOC(=O)C1=C(C)N=c2s/c(=C\c3ccc(N4CCCCC4)c([N+](=O)[O-])c3)c(=O)n2[C@H]1c1ccc(OC)c(Br)c1. The zero-order valence-corrected chi connectivity index (χ0v) is 25.3. The summed E-state index contributed by atoms with van der Waals surface area (Å²) < 4.78 is 13.2. The number of hydrogen-bond acceptors (Lipinski definition) is 9. The number of nitro groups is 1. The molecular formula is C29H29BrN4O6S. The first kappa shape index (κ1) is 28.7. The highest BCUT2D eigenvalue weighted by Gasteiger charge is 2.33. The van der Waals surface area contributed by atoms with Crippen LogP contribution in [0.4, 0.5) is 11.4 Å². The van der Waals surface area contributed by atoms with Crippen LogP contribution in [0, 0.1) is 10.1 Å². The van der Waals surface area contributed by atoms with E-state index >= 15 is 0 Å². The summed E-state index contributed by atoms with van der Waals surface area (Å²) in [7, 11) is 1.56. The summed E-state index contributed by atoms with van der Waals surface area (Å²) in [4.78, 5) is 45.7. The van der Waals surface area contributed by atoms with Gasteiger partial charge in [0.1, 0.15) is 11.4 Å². The van der Waals surface area contributed by atoms with Gasteiger partial charge in [-0.05, 0) is 84.4 Å². The molecule has 214 valence electrons. The number of rotatable bonds is 7. The first-order chi connectivity index (χ1) is 19.7. The molecule has 3 heterocycles. The van der Waals surface area contributed by atoms with Gasteiger partial charge in [0, 0.05) is 19.2 Å². The highest BCUT2D eigenvalue weighted by Crippen LogP contribution is 2.35. The van der Waals surface area contributed by atoms with Crippen molar-refractivity contribution in [3.05, 3.63) is 93.1 Å². The number of nitro benzene ring substituents is 1. The molecular weight excluding hydrogens is 612 g/mol. The summed E-state index contributed by atoms with van der Waals surface area (Å²) >= 11 is 4.68. The van der Waals surface area contributed by atoms with Crippen LogP contribution >= 0.6 is 27.3 Å². The van der Waals surface area contributed by atoms with Gasteiger partial charge >= 0.3 is 5.97 Å². The third-order valence-corrected chi connectivity index (χ3v) is 8.80. The molecule has 2 aliphatic rings. The number of aromatic nitrogens is 1. The van der Waals surface area contributed by atoms with Gasteiger partial charge in [0.2, 0.25) is 0 Å². The van der Waals surface area contributed by atoms with Gasteiger partial charge in [-0.2, -0.15) is 0 Å². The number of allylic oxidation sites excluding steroid dienone is 1. The highest BCUT2D eigenvalue weighted by molar-refractivity contribution is 9.10. The first-order valence-corrected chi connectivity index (χ1v) is 14.9. The van der Waals surface area contributed by atoms with E-state index in [-0.39, 0.29) is 28.3 Å². The average molecular weight is 642 g/mol. The number of hydrogen-bond donors (Lipinski definition) is 0. The molecule has 2 aromatic carbocycles. The van der Waals surface area contributed by atoms with Crippen molar-refractivity contribution >= 4 is 50.7 Å². The maximum atomic E-state index is 13.9. The zero-order valence-electron chi connectivity index (χ0n) is 22.9. The molecule has 0 amide bonds. The number of carbonyl (C=O) groups excluding carboxylic acids is 1. The highest BCUT2D eigenvalue weighted by atomic mass is 79.9. The van der Waals surface area contributed by atoms with E-state index < -0.39 is 12.0 Å². The molecule has 1 saturated heterocycles. The predicted octanol–water partition coefficient (Wildman–Crippen LogP) is 4.47. The van der Waals surface area contributed by atoms with Gasteiger partial charge in [-0.3, -0.25) is 19.5 Å². The van der Waals surface area contributed by atoms with Crippen molar-refractivity contribution < 1.29 is 19.2 Å². The standard InChI is InChI=1S/C29H29BrN4O6S/c1-4-40-28(36)25-17(2)31-29-33(26(25)19-9-11-23(39-3)20(30)16-19)27(35)24(41-29)15-18-8-10-21(22(14-18)34(37)38)32-12-6-5-7-13-32/h8-11,14-16,26H,4-7,12-13H2,1-3H3/b24-15-/t26-/m0/s1. The van der Waals surface area contributed by atoms with E-state index in [0.717, 1.165) is 32.4 Å². The minimum atomic E-state index is -0.787. The van der Waals surface area contributed by atoms with Crippen molar-refractivity contribution in [2.45, 2.75) is 39.2 Å².